The van der Waals surface area contributed by atoms with Crippen LogP contribution in [0.4, 0.5) is 5.69 Å². The fourth-order valence-electron chi connectivity index (χ4n) is 1.41. The van der Waals surface area contributed by atoms with E-state index in [1.807, 2.05) is 27.7 Å². The quantitative estimate of drug-likeness (QED) is 0.853. The highest BCUT2D eigenvalue weighted by molar-refractivity contribution is 6.00. The molecule has 0 aliphatic carbocycles. The predicted octanol–water partition coefficient (Wildman–Crippen LogP) is 2.72. The highest BCUT2D eigenvalue weighted by atomic mass is 16.2. The van der Waals surface area contributed by atoms with Gasteiger partial charge >= 0.3 is 0 Å². The standard InChI is InChI=1S/C12H17N3O2.2C2H6/c1-14(2)11(16)8-5-9(7-10(13)6-8)12(17)15(3)4;2*1-2/h5-7H,13H2,1-4H3;2*1-2H3. The summed E-state index contributed by atoms with van der Waals surface area (Å²) in [6.45, 7) is 8.00. The van der Waals surface area contributed by atoms with Crippen molar-refractivity contribution >= 4 is 17.5 Å². The van der Waals surface area contributed by atoms with Gasteiger partial charge in [0.25, 0.3) is 11.8 Å². The Kier molecular flexibility index (Phi) is 10.8. The van der Waals surface area contributed by atoms with Crippen LogP contribution in [0.25, 0.3) is 0 Å². The van der Waals surface area contributed by atoms with E-state index in [-0.39, 0.29) is 11.8 Å². The van der Waals surface area contributed by atoms with E-state index in [2.05, 4.69) is 0 Å². The molecule has 0 spiro atoms. The Bertz CT molecular complexity index is 417. The maximum Gasteiger partial charge on any atom is 0.253 e. The van der Waals surface area contributed by atoms with E-state index in [0.717, 1.165) is 0 Å². The molecule has 1 rings (SSSR count). The fourth-order valence-corrected chi connectivity index (χ4v) is 1.41. The second-order valence-electron chi connectivity index (χ2n) is 4.24. The molecule has 0 atom stereocenters. The summed E-state index contributed by atoms with van der Waals surface area (Å²) < 4.78 is 0. The van der Waals surface area contributed by atoms with Gasteiger partial charge in [-0.2, -0.15) is 0 Å². The molecule has 2 amide bonds. The van der Waals surface area contributed by atoms with Crippen LogP contribution in [0, 0.1) is 0 Å². The van der Waals surface area contributed by atoms with Crippen LogP contribution in [-0.2, 0) is 0 Å². The normalized spacial score (nSPS) is 8.57. The SMILES string of the molecule is CC.CC.CN(C)C(=O)c1cc(N)cc(C(=O)N(C)C)c1. The zero-order chi connectivity index (χ0) is 17.2. The third-order valence-electron chi connectivity index (χ3n) is 2.26. The largest absolute Gasteiger partial charge is 0.399 e. The minimum atomic E-state index is -0.176. The van der Waals surface area contributed by atoms with Crippen LogP contribution in [0.15, 0.2) is 18.2 Å². The van der Waals surface area contributed by atoms with Crippen LogP contribution in [0.3, 0.4) is 0 Å². The Morgan fingerprint density at radius 3 is 1.29 bits per heavy atom. The molecule has 120 valence electrons. The number of nitrogens with two attached hydrogens (primary N) is 1. The van der Waals surface area contributed by atoms with Crippen molar-refractivity contribution in [3.63, 3.8) is 0 Å². The molecular formula is C16H29N3O2. The van der Waals surface area contributed by atoms with Crippen molar-refractivity contribution in [1.29, 1.82) is 0 Å². The topological polar surface area (TPSA) is 66.6 Å². The molecule has 0 radical (unpaired) electrons. The van der Waals surface area contributed by atoms with Gasteiger partial charge in [-0.15, -0.1) is 0 Å². The number of rotatable bonds is 2. The summed E-state index contributed by atoms with van der Waals surface area (Å²) in [6.07, 6.45) is 0. The Morgan fingerprint density at radius 2 is 1.05 bits per heavy atom. The number of nitrogen functional groups attached to an aromatic ring is 1. The van der Waals surface area contributed by atoms with E-state index in [9.17, 15) is 9.59 Å². The van der Waals surface area contributed by atoms with Crippen LogP contribution in [-0.4, -0.2) is 49.8 Å². The van der Waals surface area contributed by atoms with Gasteiger partial charge in [0.05, 0.1) is 0 Å². The number of nitrogens with zero attached hydrogens (tertiary/aromatic N) is 2. The first-order valence-corrected chi connectivity index (χ1v) is 7.17. The third kappa shape index (κ3) is 6.79. The van der Waals surface area contributed by atoms with Gasteiger partial charge < -0.3 is 15.5 Å². The second-order valence-corrected chi connectivity index (χ2v) is 4.24. The molecule has 0 saturated heterocycles. The molecular weight excluding hydrogens is 266 g/mol. The smallest absolute Gasteiger partial charge is 0.253 e. The van der Waals surface area contributed by atoms with Gasteiger partial charge in [0.1, 0.15) is 0 Å². The van der Waals surface area contributed by atoms with Crippen LogP contribution < -0.4 is 5.73 Å². The molecule has 0 aromatic heterocycles. The lowest BCUT2D eigenvalue weighted by Gasteiger charge is -2.14. The summed E-state index contributed by atoms with van der Waals surface area (Å²) in [5, 5.41) is 0. The molecule has 5 heteroatoms. The minimum Gasteiger partial charge on any atom is -0.399 e. The average Bonchev–Trinajstić information content (AvgIpc) is 2.48. The first-order valence-electron chi connectivity index (χ1n) is 7.17. The summed E-state index contributed by atoms with van der Waals surface area (Å²) in [5.74, 6) is -0.352. The highest BCUT2D eigenvalue weighted by Gasteiger charge is 2.14. The Balaban J connectivity index is 0. The summed E-state index contributed by atoms with van der Waals surface area (Å²) in [7, 11) is 6.61. The maximum absolute atomic E-state index is 11.8. The second kappa shape index (κ2) is 10.7. The van der Waals surface area contributed by atoms with Crippen molar-refractivity contribution in [3.8, 4) is 0 Å². The van der Waals surface area contributed by atoms with Gasteiger partial charge in [0.15, 0.2) is 0 Å². The number of anilines is 1. The lowest BCUT2D eigenvalue weighted by atomic mass is 10.1. The minimum absolute atomic E-state index is 0.176. The summed E-state index contributed by atoms with van der Waals surface area (Å²) in [4.78, 5) is 26.5. The third-order valence-corrected chi connectivity index (χ3v) is 2.26. The lowest BCUT2D eigenvalue weighted by Crippen LogP contribution is -2.24. The van der Waals surface area contributed by atoms with Crippen LogP contribution >= 0.6 is 0 Å². The number of benzene rings is 1. The number of carbonyl (C=O) groups excluding carboxylic acids is 2. The molecule has 0 heterocycles. The molecule has 1 aromatic rings. The van der Waals surface area contributed by atoms with E-state index in [1.54, 1.807) is 46.4 Å². The zero-order valence-electron chi connectivity index (χ0n) is 14.5. The number of amides is 2. The van der Waals surface area contributed by atoms with Gasteiger partial charge in [0.2, 0.25) is 0 Å². The van der Waals surface area contributed by atoms with Crippen LogP contribution in [0.1, 0.15) is 48.4 Å². The lowest BCUT2D eigenvalue weighted by molar-refractivity contribution is 0.0826. The van der Waals surface area contributed by atoms with E-state index >= 15 is 0 Å². The van der Waals surface area contributed by atoms with Crippen molar-refractivity contribution in [2.24, 2.45) is 0 Å². The molecule has 0 unspecified atom stereocenters. The van der Waals surface area contributed by atoms with E-state index in [1.165, 1.54) is 9.80 Å². The molecule has 5 nitrogen and oxygen atoms in total. The van der Waals surface area contributed by atoms with E-state index in [4.69, 9.17) is 5.73 Å². The van der Waals surface area contributed by atoms with Gasteiger partial charge in [-0.1, -0.05) is 27.7 Å². The molecule has 1 aromatic carbocycles. The predicted molar refractivity (Wildman–Crippen MR) is 89.6 cm³/mol. The zero-order valence-corrected chi connectivity index (χ0v) is 14.5. The molecule has 0 saturated carbocycles. The highest BCUT2D eigenvalue weighted by Crippen LogP contribution is 2.14. The van der Waals surface area contributed by atoms with Crippen molar-refractivity contribution in [2.45, 2.75) is 27.7 Å². The van der Waals surface area contributed by atoms with E-state index < -0.39 is 0 Å². The van der Waals surface area contributed by atoms with Gasteiger partial charge in [0, 0.05) is 45.0 Å². The monoisotopic (exact) mass is 295 g/mol. The Hall–Kier alpha value is -2.04. The van der Waals surface area contributed by atoms with Gasteiger partial charge in [-0.05, 0) is 18.2 Å². The van der Waals surface area contributed by atoms with Gasteiger partial charge in [-0.3, -0.25) is 9.59 Å². The molecule has 0 fully saturated rings. The molecule has 0 aliphatic heterocycles. The van der Waals surface area contributed by atoms with Crippen molar-refractivity contribution in [3.05, 3.63) is 29.3 Å². The molecule has 2 N–H and O–H groups in total. The summed E-state index contributed by atoms with van der Waals surface area (Å²) >= 11 is 0. The van der Waals surface area contributed by atoms with E-state index in [0.29, 0.717) is 16.8 Å². The molecule has 0 bridgehead atoms. The summed E-state index contributed by atoms with van der Waals surface area (Å²) in [6, 6.07) is 4.69. The first kappa shape index (κ1) is 21.3. The number of hydrogen-bond acceptors (Lipinski definition) is 3. The summed E-state index contributed by atoms with van der Waals surface area (Å²) in [5.41, 5.74) is 6.93. The van der Waals surface area contributed by atoms with Crippen LogP contribution in [0.2, 0.25) is 0 Å². The van der Waals surface area contributed by atoms with Crippen molar-refractivity contribution < 1.29 is 9.59 Å². The average molecular weight is 295 g/mol. The Morgan fingerprint density at radius 1 is 0.762 bits per heavy atom. The van der Waals surface area contributed by atoms with Crippen LogP contribution in [0.5, 0.6) is 0 Å². The molecule has 21 heavy (non-hydrogen) atoms. The van der Waals surface area contributed by atoms with Crippen molar-refractivity contribution in [1.82, 2.24) is 9.80 Å². The first-order chi connectivity index (χ1) is 9.82. The fraction of sp³-hybridized carbons (Fsp3) is 0.500. The maximum atomic E-state index is 11.8. The van der Waals surface area contributed by atoms with Gasteiger partial charge in [-0.25, -0.2) is 0 Å². The Labute approximate surface area is 128 Å². The number of carbonyl (C=O) groups is 2. The molecule has 0 aliphatic rings. The van der Waals surface area contributed by atoms with Crippen molar-refractivity contribution in [2.75, 3.05) is 33.9 Å². The number of hydrogen-bond donors (Lipinski definition) is 1.